The highest BCUT2D eigenvalue weighted by atomic mass is 32.2. The highest BCUT2D eigenvalue weighted by Gasteiger charge is 2.41. The molecule has 4 rings (SSSR count). The first-order valence-corrected chi connectivity index (χ1v) is 11.3. The first kappa shape index (κ1) is 17.5. The van der Waals surface area contributed by atoms with Gasteiger partial charge in [0.25, 0.3) is 10.0 Å². The monoisotopic (exact) mass is 383 g/mol. The van der Waals surface area contributed by atoms with Crippen molar-refractivity contribution in [3.05, 3.63) is 17.0 Å². The highest BCUT2D eigenvalue weighted by Crippen LogP contribution is 2.31. The fraction of sp³-hybridized carbons (Fsp3) is 0.706. The molecule has 25 heavy (non-hydrogen) atoms. The van der Waals surface area contributed by atoms with Crippen molar-refractivity contribution < 1.29 is 13.2 Å². The van der Waals surface area contributed by atoms with Crippen LogP contribution in [0.25, 0.3) is 0 Å². The van der Waals surface area contributed by atoms with Crippen molar-refractivity contribution in [3.63, 3.8) is 0 Å². The van der Waals surface area contributed by atoms with Gasteiger partial charge in [0, 0.05) is 44.1 Å². The maximum absolute atomic E-state index is 12.9. The Morgan fingerprint density at radius 1 is 1.20 bits per heavy atom. The molecule has 4 heterocycles. The van der Waals surface area contributed by atoms with Gasteiger partial charge in [0.15, 0.2) is 0 Å². The molecule has 3 aliphatic rings. The van der Waals surface area contributed by atoms with Crippen LogP contribution >= 0.6 is 11.3 Å². The topological polar surface area (TPSA) is 69.7 Å². The predicted molar refractivity (Wildman–Crippen MR) is 97.0 cm³/mol. The molecule has 1 aromatic heterocycles. The summed E-state index contributed by atoms with van der Waals surface area (Å²) >= 11 is 1.30. The number of rotatable bonds is 3. The second-order valence-electron chi connectivity index (χ2n) is 7.49. The minimum absolute atomic E-state index is 0.150. The largest absolute Gasteiger partial charge is 0.342 e. The van der Waals surface area contributed by atoms with Crippen LogP contribution in [0.2, 0.25) is 0 Å². The Bertz CT molecular complexity index is 749. The Hall–Kier alpha value is -0.960. The summed E-state index contributed by atoms with van der Waals surface area (Å²) in [4.78, 5) is 15.9. The molecule has 0 aromatic carbocycles. The van der Waals surface area contributed by atoms with Gasteiger partial charge in [0.05, 0.1) is 5.92 Å². The van der Waals surface area contributed by atoms with Crippen LogP contribution in [-0.2, 0) is 14.8 Å². The second kappa shape index (κ2) is 6.64. The van der Waals surface area contributed by atoms with E-state index in [2.05, 4.69) is 5.32 Å². The number of hydrogen-bond acceptors (Lipinski definition) is 5. The minimum Gasteiger partial charge on any atom is -0.342 e. The molecule has 0 spiro atoms. The summed E-state index contributed by atoms with van der Waals surface area (Å²) in [6, 6.07) is 3.51. The number of sulfonamides is 1. The first-order valence-electron chi connectivity index (χ1n) is 9.01. The van der Waals surface area contributed by atoms with Crippen LogP contribution in [0.5, 0.6) is 0 Å². The number of aryl methyl sites for hydroxylation is 1. The van der Waals surface area contributed by atoms with E-state index in [1.54, 1.807) is 6.07 Å². The van der Waals surface area contributed by atoms with E-state index in [1.165, 1.54) is 15.6 Å². The van der Waals surface area contributed by atoms with Gasteiger partial charge in [-0.15, -0.1) is 11.3 Å². The molecule has 0 radical (unpaired) electrons. The molecule has 1 unspecified atom stereocenters. The van der Waals surface area contributed by atoms with Crippen LogP contribution in [0.1, 0.15) is 17.7 Å². The second-order valence-corrected chi connectivity index (χ2v) is 10.9. The number of thiophene rings is 1. The molecule has 1 amide bonds. The van der Waals surface area contributed by atoms with Gasteiger partial charge in [-0.05, 0) is 43.7 Å². The molecule has 0 aliphatic carbocycles. The summed E-state index contributed by atoms with van der Waals surface area (Å²) in [6.45, 7) is 6.38. The molecule has 6 nitrogen and oxygen atoms in total. The number of carbonyl (C=O) groups excluding carboxylic acids is 1. The van der Waals surface area contributed by atoms with Gasteiger partial charge in [-0.3, -0.25) is 4.79 Å². The van der Waals surface area contributed by atoms with Crippen LogP contribution in [0, 0.1) is 24.7 Å². The van der Waals surface area contributed by atoms with Crippen LogP contribution < -0.4 is 5.32 Å². The van der Waals surface area contributed by atoms with Crippen molar-refractivity contribution in [2.75, 3.05) is 39.3 Å². The quantitative estimate of drug-likeness (QED) is 0.850. The fourth-order valence-electron chi connectivity index (χ4n) is 4.33. The molecule has 1 aromatic rings. The predicted octanol–water partition coefficient (Wildman–Crippen LogP) is 1.14. The molecule has 138 valence electrons. The van der Waals surface area contributed by atoms with E-state index in [-0.39, 0.29) is 11.8 Å². The van der Waals surface area contributed by atoms with Crippen molar-refractivity contribution in [2.45, 2.75) is 24.0 Å². The normalized spacial score (nSPS) is 30.6. The smallest absolute Gasteiger partial charge is 0.252 e. The lowest BCUT2D eigenvalue weighted by molar-refractivity contribution is -0.135. The third kappa shape index (κ3) is 3.25. The van der Waals surface area contributed by atoms with Crippen molar-refractivity contribution in [2.24, 2.45) is 17.8 Å². The zero-order chi connectivity index (χ0) is 17.6. The number of piperidine rings is 1. The number of amides is 1. The number of nitrogens with zero attached hydrogens (tertiary/aromatic N) is 2. The van der Waals surface area contributed by atoms with Crippen LogP contribution in [-0.4, -0.2) is 62.8 Å². The zero-order valence-corrected chi connectivity index (χ0v) is 16.1. The maximum Gasteiger partial charge on any atom is 0.252 e. The van der Waals surface area contributed by atoms with E-state index in [1.807, 2.05) is 17.9 Å². The summed E-state index contributed by atoms with van der Waals surface area (Å²) < 4.78 is 27.6. The third-order valence-electron chi connectivity index (χ3n) is 5.74. The van der Waals surface area contributed by atoms with Crippen molar-refractivity contribution in [3.8, 4) is 0 Å². The Labute approximate surface area is 153 Å². The maximum atomic E-state index is 12.9. The van der Waals surface area contributed by atoms with Crippen molar-refractivity contribution in [1.82, 2.24) is 14.5 Å². The summed E-state index contributed by atoms with van der Waals surface area (Å²) in [5.41, 5.74) is 0. The van der Waals surface area contributed by atoms with Crippen molar-refractivity contribution in [1.29, 1.82) is 0 Å². The molecule has 0 saturated carbocycles. The van der Waals surface area contributed by atoms with E-state index in [9.17, 15) is 13.2 Å². The minimum atomic E-state index is -3.48. The van der Waals surface area contributed by atoms with E-state index in [0.717, 1.165) is 43.9 Å². The number of fused-ring (bicyclic) bond motifs is 1. The molecule has 3 saturated heterocycles. The van der Waals surface area contributed by atoms with Gasteiger partial charge in [-0.1, -0.05) is 0 Å². The summed E-state index contributed by atoms with van der Waals surface area (Å²) in [6.07, 6.45) is 1.54. The number of carbonyl (C=O) groups is 1. The average Bonchev–Trinajstić information content (AvgIpc) is 3.30. The lowest BCUT2D eigenvalue weighted by atomic mass is 9.98. The Morgan fingerprint density at radius 2 is 1.92 bits per heavy atom. The van der Waals surface area contributed by atoms with E-state index < -0.39 is 10.0 Å². The fourth-order valence-corrected chi connectivity index (χ4v) is 7.30. The zero-order valence-electron chi connectivity index (χ0n) is 14.5. The van der Waals surface area contributed by atoms with E-state index >= 15 is 0 Å². The molecular formula is C17H25N3O3S2. The molecule has 0 bridgehead atoms. The molecule has 3 aliphatic heterocycles. The van der Waals surface area contributed by atoms with Gasteiger partial charge < -0.3 is 10.2 Å². The SMILES string of the molecule is Cc1ccc(S(=O)(=O)N2CCCC(C(=O)N3C[C@H]4CNC[C@H]4C3)C2)s1. The van der Waals surface area contributed by atoms with Gasteiger partial charge >= 0.3 is 0 Å². The molecular weight excluding hydrogens is 358 g/mol. The Balaban J connectivity index is 1.45. The number of hydrogen-bond donors (Lipinski definition) is 1. The average molecular weight is 384 g/mol. The van der Waals surface area contributed by atoms with E-state index in [0.29, 0.717) is 29.1 Å². The Morgan fingerprint density at radius 3 is 2.56 bits per heavy atom. The van der Waals surface area contributed by atoms with Crippen LogP contribution in [0.3, 0.4) is 0 Å². The standard InChI is InChI=1S/C17H25N3O3S2/c1-12-4-5-16(24-12)25(22,23)20-6-2-3-13(11-20)17(21)19-9-14-7-18-8-15(14)10-19/h4-5,13-15,18H,2-3,6-11H2,1H3/t13?,14-,15+. The Kier molecular flexibility index (Phi) is 4.64. The van der Waals surface area contributed by atoms with Crippen LogP contribution in [0.4, 0.5) is 0 Å². The summed E-state index contributed by atoms with van der Waals surface area (Å²) in [5.74, 6) is 1.09. The molecule has 1 N–H and O–H groups in total. The van der Waals surface area contributed by atoms with E-state index in [4.69, 9.17) is 0 Å². The third-order valence-corrected chi connectivity index (χ3v) is 9.08. The lowest BCUT2D eigenvalue weighted by Crippen LogP contribution is -2.46. The molecule has 3 fully saturated rings. The van der Waals surface area contributed by atoms with Gasteiger partial charge in [0.1, 0.15) is 4.21 Å². The summed E-state index contributed by atoms with van der Waals surface area (Å²) in [7, 11) is -3.48. The number of likely N-dealkylation sites (tertiary alicyclic amines) is 1. The summed E-state index contributed by atoms with van der Waals surface area (Å²) in [5, 5.41) is 3.39. The van der Waals surface area contributed by atoms with Gasteiger partial charge in [-0.2, -0.15) is 4.31 Å². The van der Waals surface area contributed by atoms with Gasteiger partial charge in [0.2, 0.25) is 5.91 Å². The van der Waals surface area contributed by atoms with Crippen molar-refractivity contribution >= 4 is 27.3 Å². The molecule has 3 atom stereocenters. The molecule has 8 heteroatoms. The van der Waals surface area contributed by atoms with Crippen LogP contribution in [0.15, 0.2) is 16.3 Å². The lowest BCUT2D eigenvalue weighted by Gasteiger charge is -2.33. The number of nitrogens with one attached hydrogen (secondary N) is 1. The highest BCUT2D eigenvalue weighted by molar-refractivity contribution is 7.91. The van der Waals surface area contributed by atoms with Gasteiger partial charge in [-0.25, -0.2) is 8.42 Å². The first-order chi connectivity index (χ1) is 11.9.